The zero-order valence-corrected chi connectivity index (χ0v) is 13.8. The van der Waals surface area contributed by atoms with Crippen LogP contribution in [0.15, 0.2) is 12.1 Å². The van der Waals surface area contributed by atoms with E-state index in [1.54, 1.807) is 0 Å². The fraction of sp³-hybridized carbons (Fsp3) is 0.500. The van der Waals surface area contributed by atoms with Crippen LogP contribution in [-0.4, -0.2) is 37.5 Å². The van der Waals surface area contributed by atoms with Crippen LogP contribution in [0.1, 0.15) is 43.0 Å². The Hall–Kier alpha value is -2.64. The molecule has 0 spiro atoms. The summed E-state index contributed by atoms with van der Waals surface area (Å²) in [7, 11) is 1.33. The molecule has 0 fully saturated rings. The quantitative estimate of drug-likeness (QED) is 0.201. The summed E-state index contributed by atoms with van der Waals surface area (Å²) in [5, 5.41) is 10.9. The van der Waals surface area contributed by atoms with Crippen molar-refractivity contribution in [2.45, 2.75) is 32.6 Å². The number of carbonyl (C=O) groups is 2. The van der Waals surface area contributed by atoms with Crippen LogP contribution in [-0.2, 0) is 9.53 Å². The second-order valence-electron chi connectivity index (χ2n) is 5.01. The molecule has 0 N–H and O–H groups in total. The first-order valence-corrected chi connectivity index (χ1v) is 7.58. The lowest BCUT2D eigenvalue weighted by molar-refractivity contribution is -0.385. The third-order valence-corrected chi connectivity index (χ3v) is 3.26. The third kappa shape index (κ3) is 5.86. The summed E-state index contributed by atoms with van der Waals surface area (Å²) >= 11 is 0. The van der Waals surface area contributed by atoms with Crippen molar-refractivity contribution in [3.05, 3.63) is 27.8 Å². The van der Waals surface area contributed by atoms with Gasteiger partial charge in [0.05, 0.1) is 25.2 Å². The Kier molecular flexibility index (Phi) is 8.24. The highest BCUT2D eigenvalue weighted by atomic mass is 16.6. The average Bonchev–Trinajstić information content (AvgIpc) is 2.55. The number of carbonyl (C=O) groups excluding carboxylic acids is 2. The molecule has 0 bridgehead atoms. The SMILES string of the molecule is COc1c(OCCCCCCOC(C)=O)ccc([N+](=O)[O-])c1C=O. The fourth-order valence-electron chi connectivity index (χ4n) is 2.12. The summed E-state index contributed by atoms with van der Waals surface area (Å²) in [6.45, 7) is 2.17. The van der Waals surface area contributed by atoms with Crippen LogP contribution >= 0.6 is 0 Å². The normalized spacial score (nSPS) is 10.1. The predicted molar refractivity (Wildman–Crippen MR) is 85.6 cm³/mol. The molecule has 132 valence electrons. The largest absolute Gasteiger partial charge is 0.492 e. The molecule has 1 aromatic carbocycles. The molecule has 0 unspecified atom stereocenters. The van der Waals surface area contributed by atoms with E-state index in [1.807, 2.05) is 0 Å². The standard InChI is InChI=1S/C16H21NO7/c1-12(19)23-9-5-3-4-6-10-24-15-8-7-14(17(20)21)13(11-18)16(15)22-2/h7-8,11H,3-6,9-10H2,1-2H3. The Balaban J connectivity index is 2.49. The number of aldehydes is 1. The molecule has 0 amide bonds. The maximum absolute atomic E-state index is 11.1. The number of nitrogens with zero attached hydrogens (tertiary/aromatic N) is 1. The molecule has 8 nitrogen and oxygen atoms in total. The van der Waals surface area contributed by atoms with Gasteiger partial charge in [-0.25, -0.2) is 0 Å². The Morgan fingerprint density at radius 2 is 1.88 bits per heavy atom. The van der Waals surface area contributed by atoms with Gasteiger partial charge in [0.1, 0.15) is 5.56 Å². The average molecular weight is 339 g/mol. The number of benzene rings is 1. The number of esters is 1. The minimum atomic E-state index is -0.640. The van der Waals surface area contributed by atoms with Gasteiger partial charge in [0.15, 0.2) is 17.8 Å². The van der Waals surface area contributed by atoms with Gasteiger partial charge < -0.3 is 14.2 Å². The highest BCUT2D eigenvalue weighted by molar-refractivity contribution is 5.87. The van der Waals surface area contributed by atoms with Crippen LogP contribution < -0.4 is 9.47 Å². The van der Waals surface area contributed by atoms with Gasteiger partial charge >= 0.3 is 5.97 Å². The Bertz CT molecular complexity index is 586. The van der Waals surface area contributed by atoms with E-state index in [0.29, 0.717) is 25.2 Å². The van der Waals surface area contributed by atoms with E-state index in [4.69, 9.17) is 14.2 Å². The van der Waals surface area contributed by atoms with Crippen LogP contribution in [0.5, 0.6) is 11.5 Å². The van der Waals surface area contributed by atoms with Crippen molar-refractivity contribution in [1.29, 1.82) is 0 Å². The number of ether oxygens (including phenoxy) is 3. The lowest BCUT2D eigenvalue weighted by Crippen LogP contribution is -2.04. The second-order valence-corrected chi connectivity index (χ2v) is 5.01. The van der Waals surface area contributed by atoms with Crippen LogP contribution in [0.3, 0.4) is 0 Å². The summed E-state index contributed by atoms with van der Waals surface area (Å²) in [5.74, 6) is 0.0775. The Labute approximate surface area is 139 Å². The van der Waals surface area contributed by atoms with E-state index in [1.165, 1.54) is 26.2 Å². The summed E-state index contributed by atoms with van der Waals surface area (Å²) in [5.41, 5.74) is -0.457. The van der Waals surface area contributed by atoms with Gasteiger partial charge in [-0.3, -0.25) is 19.7 Å². The van der Waals surface area contributed by atoms with Crippen molar-refractivity contribution in [2.75, 3.05) is 20.3 Å². The maximum atomic E-state index is 11.1. The molecule has 24 heavy (non-hydrogen) atoms. The van der Waals surface area contributed by atoms with Crippen molar-refractivity contribution < 1.29 is 28.7 Å². The van der Waals surface area contributed by atoms with Crippen LogP contribution in [0, 0.1) is 10.1 Å². The molecule has 0 aromatic heterocycles. The number of methoxy groups -OCH3 is 1. The first-order valence-electron chi connectivity index (χ1n) is 7.58. The van der Waals surface area contributed by atoms with Gasteiger partial charge in [0, 0.05) is 13.0 Å². The molecule has 1 rings (SSSR count). The first-order chi connectivity index (χ1) is 11.5. The van der Waals surface area contributed by atoms with Gasteiger partial charge in [0.2, 0.25) is 0 Å². The zero-order chi connectivity index (χ0) is 17.9. The van der Waals surface area contributed by atoms with E-state index in [2.05, 4.69) is 0 Å². The molecule has 0 atom stereocenters. The summed E-state index contributed by atoms with van der Waals surface area (Å²) in [6.07, 6.45) is 3.72. The van der Waals surface area contributed by atoms with Gasteiger partial charge in [-0.2, -0.15) is 0 Å². The van der Waals surface area contributed by atoms with E-state index in [0.717, 1.165) is 25.7 Å². The molecule has 0 aliphatic carbocycles. The van der Waals surface area contributed by atoms with E-state index in [9.17, 15) is 19.7 Å². The van der Waals surface area contributed by atoms with Crippen LogP contribution in [0.25, 0.3) is 0 Å². The van der Waals surface area contributed by atoms with Crippen LogP contribution in [0.4, 0.5) is 5.69 Å². The van der Waals surface area contributed by atoms with E-state index >= 15 is 0 Å². The van der Waals surface area contributed by atoms with Gasteiger partial charge in [-0.1, -0.05) is 0 Å². The molecule has 1 aromatic rings. The molecule has 0 radical (unpaired) electrons. The zero-order valence-electron chi connectivity index (χ0n) is 13.8. The number of rotatable bonds is 11. The van der Waals surface area contributed by atoms with Crippen molar-refractivity contribution >= 4 is 17.9 Å². The molecule has 0 aliphatic rings. The number of hydrogen-bond acceptors (Lipinski definition) is 7. The van der Waals surface area contributed by atoms with E-state index in [-0.39, 0.29) is 23.0 Å². The second kappa shape index (κ2) is 10.2. The van der Waals surface area contributed by atoms with Crippen molar-refractivity contribution in [3.8, 4) is 11.5 Å². The monoisotopic (exact) mass is 339 g/mol. The summed E-state index contributed by atoms with van der Waals surface area (Å²) < 4.78 is 15.5. The molecule has 0 heterocycles. The minimum absolute atomic E-state index is 0.0639. The lowest BCUT2D eigenvalue weighted by Gasteiger charge is -2.12. The number of hydrogen-bond donors (Lipinski definition) is 0. The van der Waals surface area contributed by atoms with Gasteiger partial charge in [0.25, 0.3) is 5.69 Å². The lowest BCUT2D eigenvalue weighted by atomic mass is 10.1. The van der Waals surface area contributed by atoms with Crippen LogP contribution in [0.2, 0.25) is 0 Å². The molecule has 0 saturated heterocycles. The molecule has 0 saturated carbocycles. The van der Waals surface area contributed by atoms with Crippen molar-refractivity contribution in [3.63, 3.8) is 0 Å². The minimum Gasteiger partial charge on any atom is -0.492 e. The number of nitro benzene ring substituents is 1. The fourth-order valence-corrected chi connectivity index (χ4v) is 2.12. The summed E-state index contributed by atoms with van der Waals surface area (Å²) in [6, 6.07) is 2.64. The highest BCUT2D eigenvalue weighted by Crippen LogP contribution is 2.36. The molecular weight excluding hydrogens is 318 g/mol. The van der Waals surface area contributed by atoms with Crippen molar-refractivity contribution in [1.82, 2.24) is 0 Å². The molecule has 8 heteroatoms. The van der Waals surface area contributed by atoms with Gasteiger partial charge in [-0.15, -0.1) is 0 Å². The van der Waals surface area contributed by atoms with Gasteiger partial charge in [-0.05, 0) is 31.7 Å². The van der Waals surface area contributed by atoms with E-state index < -0.39 is 4.92 Å². The smallest absolute Gasteiger partial charge is 0.302 e. The topological polar surface area (TPSA) is 105 Å². The first kappa shape index (κ1) is 19.4. The summed E-state index contributed by atoms with van der Waals surface area (Å²) in [4.78, 5) is 32.0. The maximum Gasteiger partial charge on any atom is 0.302 e. The molecule has 0 aliphatic heterocycles. The number of unbranched alkanes of at least 4 members (excludes halogenated alkanes) is 3. The number of nitro groups is 1. The molecular formula is C16H21NO7. The third-order valence-electron chi connectivity index (χ3n) is 3.26. The Morgan fingerprint density at radius 1 is 1.21 bits per heavy atom. The Morgan fingerprint density at radius 3 is 2.42 bits per heavy atom. The van der Waals surface area contributed by atoms with Crippen molar-refractivity contribution in [2.24, 2.45) is 0 Å². The predicted octanol–water partition coefficient (Wildman–Crippen LogP) is 2.92. The highest BCUT2D eigenvalue weighted by Gasteiger charge is 2.22.